The average molecular weight is 290 g/mol. The van der Waals surface area contributed by atoms with Gasteiger partial charge in [-0.1, -0.05) is 23.8 Å². The van der Waals surface area contributed by atoms with Crippen LogP contribution in [0.15, 0.2) is 52.9 Å². The molecule has 0 aliphatic rings. The fourth-order valence-electron chi connectivity index (χ4n) is 2.01. The quantitative estimate of drug-likeness (QED) is 0.795. The summed E-state index contributed by atoms with van der Waals surface area (Å²) in [5, 5.41) is 20.1. The maximum atomic E-state index is 8.88. The van der Waals surface area contributed by atoms with Gasteiger partial charge in [0.15, 0.2) is 0 Å². The molecule has 3 rings (SSSR count). The highest BCUT2D eigenvalue weighted by atomic mass is 16.4. The molecule has 0 saturated heterocycles. The molecule has 5 nitrogen and oxygen atoms in total. The van der Waals surface area contributed by atoms with E-state index in [0.717, 1.165) is 11.3 Å². The van der Waals surface area contributed by atoms with Crippen molar-refractivity contribution < 1.29 is 4.42 Å². The van der Waals surface area contributed by atoms with E-state index in [0.29, 0.717) is 23.9 Å². The van der Waals surface area contributed by atoms with Gasteiger partial charge in [-0.3, -0.25) is 0 Å². The number of aryl methyl sites for hydroxylation is 1. The molecule has 5 heteroatoms. The molecule has 0 fully saturated rings. The molecule has 0 atom stereocenters. The van der Waals surface area contributed by atoms with Crippen LogP contribution in [0.3, 0.4) is 0 Å². The fraction of sp³-hybridized carbons (Fsp3) is 0.118. The van der Waals surface area contributed by atoms with Crippen molar-refractivity contribution >= 4 is 5.69 Å². The summed E-state index contributed by atoms with van der Waals surface area (Å²) >= 11 is 0. The first-order chi connectivity index (χ1) is 10.7. The average Bonchev–Trinajstić information content (AvgIpc) is 3.03. The number of nitrogens with one attached hydrogen (secondary N) is 1. The lowest BCUT2D eigenvalue weighted by atomic mass is 10.1. The van der Waals surface area contributed by atoms with Crippen molar-refractivity contribution in [1.29, 1.82) is 5.26 Å². The Kier molecular flexibility index (Phi) is 3.84. The molecule has 108 valence electrons. The van der Waals surface area contributed by atoms with E-state index in [1.807, 2.05) is 43.3 Å². The number of nitrogens with zero attached hydrogens (tertiary/aromatic N) is 3. The SMILES string of the molecule is Cc1ccc(-c2nnc(CNc3cccc(C#N)c3)o2)cc1. The molecule has 1 heterocycles. The first-order valence-corrected chi connectivity index (χ1v) is 6.88. The minimum absolute atomic E-state index is 0.410. The van der Waals surface area contributed by atoms with Crippen molar-refractivity contribution in [2.75, 3.05) is 5.32 Å². The number of anilines is 1. The van der Waals surface area contributed by atoms with E-state index in [-0.39, 0.29) is 0 Å². The van der Waals surface area contributed by atoms with Crippen LogP contribution in [0, 0.1) is 18.3 Å². The van der Waals surface area contributed by atoms with E-state index >= 15 is 0 Å². The third-order valence-corrected chi connectivity index (χ3v) is 3.20. The van der Waals surface area contributed by atoms with Gasteiger partial charge >= 0.3 is 0 Å². The van der Waals surface area contributed by atoms with Gasteiger partial charge in [-0.05, 0) is 37.3 Å². The summed E-state index contributed by atoms with van der Waals surface area (Å²) in [5.74, 6) is 1.00. The Balaban J connectivity index is 1.69. The number of benzene rings is 2. The Hall–Kier alpha value is -3.13. The molecule has 0 amide bonds. The van der Waals surface area contributed by atoms with Crippen molar-refractivity contribution in [2.24, 2.45) is 0 Å². The van der Waals surface area contributed by atoms with E-state index < -0.39 is 0 Å². The molecule has 2 aromatic carbocycles. The molecule has 22 heavy (non-hydrogen) atoms. The first kappa shape index (κ1) is 13.8. The second kappa shape index (κ2) is 6.10. The van der Waals surface area contributed by atoms with Gasteiger partial charge in [0.05, 0.1) is 18.2 Å². The number of hydrogen-bond acceptors (Lipinski definition) is 5. The lowest BCUT2D eigenvalue weighted by molar-refractivity contribution is 0.515. The second-order valence-corrected chi connectivity index (χ2v) is 4.91. The van der Waals surface area contributed by atoms with Gasteiger partial charge < -0.3 is 9.73 Å². The maximum Gasteiger partial charge on any atom is 0.247 e. The van der Waals surface area contributed by atoms with Gasteiger partial charge in [-0.25, -0.2) is 0 Å². The van der Waals surface area contributed by atoms with Crippen LogP contribution < -0.4 is 5.32 Å². The summed E-state index contributed by atoms with van der Waals surface area (Å²) in [4.78, 5) is 0. The maximum absolute atomic E-state index is 8.88. The zero-order chi connectivity index (χ0) is 15.4. The molecule has 0 spiro atoms. The predicted octanol–water partition coefficient (Wildman–Crippen LogP) is 3.53. The highest BCUT2D eigenvalue weighted by Crippen LogP contribution is 2.19. The van der Waals surface area contributed by atoms with Gasteiger partial charge in [0.25, 0.3) is 0 Å². The van der Waals surface area contributed by atoms with E-state index in [1.54, 1.807) is 12.1 Å². The summed E-state index contributed by atoms with van der Waals surface area (Å²) in [6, 6.07) is 17.3. The summed E-state index contributed by atoms with van der Waals surface area (Å²) in [5.41, 5.74) is 3.53. The third kappa shape index (κ3) is 3.13. The van der Waals surface area contributed by atoms with Gasteiger partial charge in [-0.2, -0.15) is 5.26 Å². The molecular formula is C17H14N4O. The van der Waals surface area contributed by atoms with Crippen molar-refractivity contribution in [2.45, 2.75) is 13.5 Å². The van der Waals surface area contributed by atoms with Crippen LogP contribution >= 0.6 is 0 Å². The van der Waals surface area contributed by atoms with E-state index in [2.05, 4.69) is 21.6 Å². The van der Waals surface area contributed by atoms with Crippen LogP contribution in [0.5, 0.6) is 0 Å². The molecule has 0 saturated carbocycles. The topological polar surface area (TPSA) is 74.7 Å². The summed E-state index contributed by atoms with van der Waals surface area (Å²) < 4.78 is 5.64. The predicted molar refractivity (Wildman–Crippen MR) is 83.0 cm³/mol. The van der Waals surface area contributed by atoms with Crippen molar-refractivity contribution in [1.82, 2.24) is 10.2 Å². The van der Waals surface area contributed by atoms with Gasteiger partial charge in [0, 0.05) is 11.3 Å². The molecule has 0 radical (unpaired) electrons. The summed E-state index contributed by atoms with van der Waals surface area (Å²) in [6.07, 6.45) is 0. The highest BCUT2D eigenvalue weighted by molar-refractivity contribution is 5.53. The van der Waals surface area contributed by atoms with Crippen molar-refractivity contribution in [3.8, 4) is 17.5 Å². The van der Waals surface area contributed by atoms with Crippen molar-refractivity contribution in [3.05, 3.63) is 65.5 Å². The summed E-state index contributed by atoms with van der Waals surface area (Å²) in [7, 11) is 0. The lowest BCUT2D eigenvalue weighted by Crippen LogP contribution is -1.99. The first-order valence-electron chi connectivity index (χ1n) is 6.88. The molecule has 0 bridgehead atoms. The number of hydrogen-bond donors (Lipinski definition) is 1. The molecule has 1 aromatic heterocycles. The third-order valence-electron chi connectivity index (χ3n) is 3.20. The number of aromatic nitrogens is 2. The van der Waals surface area contributed by atoms with Crippen molar-refractivity contribution in [3.63, 3.8) is 0 Å². The monoisotopic (exact) mass is 290 g/mol. The van der Waals surface area contributed by atoms with Crippen LogP contribution in [-0.2, 0) is 6.54 Å². The van der Waals surface area contributed by atoms with Gasteiger partial charge in [0.2, 0.25) is 11.8 Å². The lowest BCUT2D eigenvalue weighted by Gasteiger charge is -2.03. The molecular weight excluding hydrogens is 276 g/mol. The van der Waals surface area contributed by atoms with Crippen LogP contribution in [0.25, 0.3) is 11.5 Å². The smallest absolute Gasteiger partial charge is 0.247 e. The van der Waals surface area contributed by atoms with E-state index in [4.69, 9.17) is 9.68 Å². The number of rotatable bonds is 4. The van der Waals surface area contributed by atoms with E-state index in [1.165, 1.54) is 5.56 Å². The summed E-state index contributed by atoms with van der Waals surface area (Å²) in [6.45, 7) is 2.44. The standard InChI is InChI=1S/C17H14N4O/c1-12-5-7-14(8-6-12)17-21-20-16(22-17)11-19-15-4-2-3-13(9-15)10-18/h2-9,19H,11H2,1H3. The Labute approximate surface area is 128 Å². The second-order valence-electron chi connectivity index (χ2n) is 4.91. The van der Waals surface area contributed by atoms with Gasteiger partial charge in [0.1, 0.15) is 0 Å². The molecule has 0 aliphatic heterocycles. The zero-order valence-corrected chi connectivity index (χ0v) is 12.1. The molecule has 0 unspecified atom stereocenters. The molecule has 1 N–H and O–H groups in total. The Morgan fingerprint density at radius 2 is 1.95 bits per heavy atom. The minimum Gasteiger partial charge on any atom is -0.419 e. The van der Waals surface area contributed by atoms with Crippen LogP contribution in [0.4, 0.5) is 5.69 Å². The van der Waals surface area contributed by atoms with Crippen LogP contribution in [0.1, 0.15) is 17.0 Å². The Bertz CT molecular complexity index is 815. The van der Waals surface area contributed by atoms with Crippen LogP contribution in [-0.4, -0.2) is 10.2 Å². The molecule has 0 aliphatic carbocycles. The minimum atomic E-state index is 0.410. The Morgan fingerprint density at radius 3 is 2.73 bits per heavy atom. The number of nitriles is 1. The molecule has 3 aromatic rings. The normalized spacial score (nSPS) is 10.2. The highest BCUT2D eigenvalue weighted by Gasteiger charge is 2.08. The zero-order valence-electron chi connectivity index (χ0n) is 12.1. The van der Waals surface area contributed by atoms with E-state index in [9.17, 15) is 0 Å². The van der Waals surface area contributed by atoms with Gasteiger partial charge in [-0.15, -0.1) is 10.2 Å². The van der Waals surface area contributed by atoms with Crippen LogP contribution in [0.2, 0.25) is 0 Å². The Morgan fingerprint density at radius 1 is 1.14 bits per heavy atom. The largest absolute Gasteiger partial charge is 0.419 e. The fourth-order valence-corrected chi connectivity index (χ4v) is 2.01.